The van der Waals surface area contributed by atoms with Crippen LogP contribution in [0.5, 0.6) is 11.5 Å². The molecular weight excluding hydrogens is 554 g/mol. The summed E-state index contributed by atoms with van der Waals surface area (Å²) in [6.45, 7) is 3.28. The third-order valence-electron chi connectivity index (χ3n) is 7.61. The van der Waals surface area contributed by atoms with Gasteiger partial charge in [-0.2, -0.15) is 0 Å². The Labute approximate surface area is 256 Å². The van der Waals surface area contributed by atoms with Crippen molar-refractivity contribution < 1.29 is 9.53 Å². The van der Waals surface area contributed by atoms with E-state index in [-0.39, 0.29) is 18.2 Å². The summed E-state index contributed by atoms with van der Waals surface area (Å²) < 4.78 is 8.46. The maximum atomic E-state index is 13.5. The molecule has 1 amide bonds. The van der Waals surface area contributed by atoms with Crippen molar-refractivity contribution in [2.24, 2.45) is 0 Å². The molecular formula is C37H32ClN3O2. The van der Waals surface area contributed by atoms with Crippen LogP contribution in [0.25, 0.3) is 10.9 Å². The smallest absolute Gasteiger partial charge is 0.221 e. The monoisotopic (exact) mass is 585 g/mol. The van der Waals surface area contributed by atoms with E-state index < -0.39 is 0 Å². The van der Waals surface area contributed by atoms with Gasteiger partial charge >= 0.3 is 0 Å². The zero-order valence-electron chi connectivity index (χ0n) is 23.9. The molecule has 0 aliphatic carbocycles. The van der Waals surface area contributed by atoms with Crippen molar-refractivity contribution in [3.63, 3.8) is 0 Å². The third kappa shape index (κ3) is 6.96. The highest BCUT2D eigenvalue weighted by atomic mass is 35.5. The molecule has 0 spiro atoms. The lowest BCUT2D eigenvalue weighted by atomic mass is 9.88. The Kier molecular flexibility index (Phi) is 8.52. The summed E-state index contributed by atoms with van der Waals surface area (Å²) in [5, 5.41) is 4.90. The summed E-state index contributed by atoms with van der Waals surface area (Å²) >= 11 is 6.07. The van der Waals surface area contributed by atoms with Crippen LogP contribution in [0.15, 0.2) is 128 Å². The number of para-hydroxylation sites is 1. The molecule has 43 heavy (non-hydrogen) atoms. The number of benzene rings is 4. The second-order valence-corrected chi connectivity index (χ2v) is 11.2. The van der Waals surface area contributed by atoms with Gasteiger partial charge in [0.2, 0.25) is 5.91 Å². The molecule has 1 atom stereocenters. The minimum absolute atomic E-state index is 0.0267. The second-order valence-electron chi connectivity index (χ2n) is 10.7. The first kappa shape index (κ1) is 28.3. The maximum absolute atomic E-state index is 13.5. The normalized spacial score (nSPS) is 11.8. The highest BCUT2D eigenvalue weighted by Gasteiger charge is 2.23. The Hall–Kier alpha value is -4.87. The first-order chi connectivity index (χ1) is 21.0. The van der Waals surface area contributed by atoms with Gasteiger partial charge in [-0.15, -0.1) is 0 Å². The van der Waals surface area contributed by atoms with E-state index in [1.54, 1.807) is 24.5 Å². The molecule has 0 aliphatic heterocycles. The number of amides is 1. The molecule has 1 unspecified atom stereocenters. The van der Waals surface area contributed by atoms with Crippen molar-refractivity contribution >= 4 is 28.4 Å². The number of fused-ring (bicyclic) bond motifs is 1. The van der Waals surface area contributed by atoms with E-state index in [4.69, 9.17) is 16.3 Å². The van der Waals surface area contributed by atoms with Gasteiger partial charge in [-0.1, -0.05) is 71.8 Å². The standard InChI is InChI=1S/C37H32ClN3O2/c1-26-9-11-28(12-10-26)24-41-25-35(33-7-2-3-8-36(33)41)34(22-37(42)40-23-27-17-19-39-20-18-27)29-5-4-6-32(21-29)43-31-15-13-30(38)14-16-31/h2-21,25,34H,22-24H2,1H3,(H,40,42). The van der Waals surface area contributed by atoms with Crippen molar-refractivity contribution in [1.29, 1.82) is 0 Å². The van der Waals surface area contributed by atoms with Gasteiger partial charge in [-0.3, -0.25) is 9.78 Å². The van der Waals surface area contributed by atoms with E-state index in [9.17, 15) is 4.79 Å². The quantitative estimate of drug-likeness (QED) is 0.175. The molecule has 6 rings (SSSR count). The van der Waals surface area contributed by atoms with Crippen LogP contribution in [0.3, 0.4) is 0 Å². The predicted octanol–water partition coefficient (Wildman–Crippen LogP) is 8.68. The number of aromatic nitrogens is 2. The Morgan fingerprint density at radius 2 is 1.63 bits per heavy atom. The average molecular weight is 586 g/mol. The van der Waals surface area contributed by atoms with Crippen molar-refractivity contribution in [2.75, 3.05) is 0 Å². The minimum Gasteiger partial charge on any atom is -0.457 e. The van der Waals surface area contributed by atoms with E-state index >= 15 is 0 Å². The van der Waals surface area contributed by atoms with Crippen molar-refractivity contribution in [1.82, 2.24) is 14.9 Å². The number of carbonyl (C=O) groups excluding carboxylic acids is 1. The average Bonchev–Trinajstić information content (AvgIpc) is 3.39. The largest absolute Gasteiger partial charge is 0.457 e. The number of nitrogens with zero attached hydrogens (tertiary/aromatic N) is 2. The molecule has 214 valence electrons. The molecule has 1 N–H and O–H groups in total. The Balaban J connectivity index is 1.36. The van der Waals surface area contributed by atoms with Crippen LogP contribution < -0.4 is 10.1 Å². The highest BCUT2D eigenvalue weighted by molar-refractivity contribution is 6.30. The van der Waals surface area contributed by atoms with Gasteiger partial charge in [-0.25, -0.2) is 0 Å². The zero-order chi connectivity index (χ0) is 29.6. The van der Waals surface area contributed by atoms with Crippen LogP contribution in [0.1, 0.15) is 40.2 Å². The number of hydrogen-bond donors (Lipinski definition) is 1. The van der Waals surface area contributed by atoms with Crippen LogP contribution in [0.4, 0.5) is 0 Å². The SMILES string of the molecule is Cc1ccc(Cn2cc(C(CC(=O)NCc3ccncc3)c3cccc(Oc4ccc(Cl)cc4)c3)c3ccccc32)cc1. The molecule has 6 heteroatoms. The van der Waals surface area contributed by atoms with Gasteiger partial charge in [-0.05, 0) is 83.8 Å². The molecule has 6 aromatic rings. The van der Waals surface area contributed by atoms with E-state index in [0.29, 0.717) is 23.1 Å². The van der Waals surface area contributed by atoms with Gasteiger partial charge < -0.3 is 14.6 Å². The van der Waals surface area contributed by atoms with Gasteiger partial charge in [0.25, 0.3) is 0 Å². The number of rotatable bonds is 10. The van der Waals surface area contributed by atoms with Gasteiger partial charge in [0, 0.05) is 59.9 Å². The molecule has 2 heterocycles. The first-order valence-corrected chi connectivity index (χ1v) is 14.7. The summed E-state index contributed by atoms with van der Waals surface area (Å²) in [6.07, 6.45) is 5.96. The highest BCUT2D eigenvalue weighted by Crippen LogP contribution is 2.37. The Bertz CT molecular complexity index is 1830. The lowest BCUT2D eigenvalue weighted by Gasteiger charge is -2.18. The first-order valence-electron chi connectivity index (χ1n) is 14.3. The zero-order valence-corrected chi connectivity index (χ0v) is 24.7. The predicted molar refractivity (Wildman–Crippen MR) is 173 cm³/mol. The number of hydrogen-bond acceptors (Lipinski definition) is 3. The summed E-state index contributed by atoms with van der Waals surface area (Å²) in [7, 11) is 0. The fourth-order valence-corrected chi connectivity index (χ4v) is 5.50. The van der Waals surface area contributed by atoms with Gasteiger partial charge in [0.05, 0.1) is 0 Å². The number of ether oxygens (including phenoxy) is 1. The minimum atomic E-state index is -0.199. The van der Waals surface area contributed by atoms with E-state index in [0.717, 1.165) is 34.1 Å². The summed E-state index contributed by atoms with van der Waals surface area (Å²) in [5.41, 5.74) is 6.71. The summed E-state index contributed by atoms with van der Waals surface area (Å²) in [6, 6.07) is 36.2. The molecule has 2 aromatic heterocycles. The number of carbonyl (C=O) groups is 1. The number of halogens is 1. The van der Waals surface area contributed by atoms with Gasteiger partial charge in [0.1, 0.15) is 11.5 Å². The molecule has 0 fully saturated rings. The van der Waals surface area contributed by atoms with Crippen LogP contribution in [0, 0.1) is 6.92 Å². The van der Waals surface area contributed by atoms with Gasteiger partial charge in [0.15, 0.2) is 0 Å². The number of nitrogens with one attached hydrogen (secondary N) is 1. The summed E-state index contributed by atoms with van der Waals surface area (Å²) in [4.78, 5) is 17.5. The summed E-state index contributed by atoms with van der Waals surface area (Å²) in [5.74, 6) is 1.17. The number of pyridine rings is 1. The fourth-order valence-electron chi connectivity index (χ4n) is 5.37. The lowest BCUT2D eigenvalue weighted by molar-refractivity contribution is -0.121. The van der Waals surface area contributed by atoms with Crippen molar-refractivity contribution in [3.8, 4) is 11.5 Å². The number of aryl methyl sites for hydroxylation is 1. The molecule has 0 radical (unpaired) electrons. The molecule has 0 saturated heterocycles. The molecule has 0 bridgehead atoms. The van der Waals surface area contributed by atoms with E-state index in [1.165, 1.54) is 11.1 Å². The topological polar surface area (TPSA) is 56.2 Å². The van der Waals surface area contributed by atoms with Crippen LogP contribution in [-0.2, 0) is 17.9 Å². The van der Waals surface area contributed by atoms with E-state index in [2.05, 4.69) is 82.6 Å². The molecule has 0 saturated carbocycles. The second kappa shape index (κ2) is 13.0. The lowest BCUT2D eigenvalue weighted by Crippen LogP contribution is -2.25. The fraction of sp³-hybridized carbons (Fsp3) is 0.135. The van der Waals surface area contributed by atoms with Crippen LogP contribution in [-0.4, -0.2) is 15.5 Å². The van der Waals surface area contributed by atoms with E-state index in [1.807, 2.05) is 42.5 Å². The van der Waals surface area contributed by atoms with Crippen LogP contribution in [0.2, 0.25) is 5.02 Å². The van der Waals surface area contributed by atoms with Crippen molar-refractivity contribution in [2.45, 2.75) is 32.4 Å². The molecule has 4 aromatic carbocycles. The van der Waals surface area contributed by atoms with Crippen LogP contribution >= 0.6 is 11.6 Å². The Morgan fingerprint density at radius 3 is 2.42 bits per heavy atom. The third-order valence-corrected chi connectivity index (χ3v) is 7.86. The Morgan fingerprint density at radius 1 is 0.860 bits per heavy atom. The molecule has 5 nitrogen and oxygen atoms in total. The van der Waals surface area contributed by atoms with Crippen molar-refractivity contribution in [3.05, 3.63) is 161 Å². The molecule has 0 aliphatic rings. The maximum Gasteiger partial charge on any atom is 0.221 e.